The number of rotatable bonds is 7. The Morgan fingerprint density at radius 2 is 2.25 bits per heavy atom. The van der Waals surface area contributed by atoms with Gasteiger partial charge in [0.25, 0.3) is 0 Å². The highest BCUT2D eigenvalue weighted by atomic mass is 16.5. The molecule has 0 bridgehead atoms. The molecule has 0 aromatic heterocycles. The van der Waals surface area contributed by atoms with E-state index in [1.54, 1.807) is 13.2 Å². The van der Waals surface area contributed by atoms with E-state index in [0.717, 1.165) is 18.8 Å². The molecule has 1 aliphatic rings. The third-order valence-electron chi connectivity index (χ3n) is 3.47. The summed E-state index contributed by atoms with van der Waals surface area (Å²) in [6, 6.07) is 7.35. The molecule has 1 aliphatic heterocycles. The van der Waals surface area contributed by atoms with E-state index in [4.69, 9.17) is 14.2 Å². The van der Waals surface area contributed by atoms with Gasteiger partial charge in [0.2, 0.25) is 0 Å². The Labute approximate surface area is 119 Å². The minimum Gasteiger partial charge on any atom is -0.497 e. The van der Waals surface area contributed by atoms with Crippen molar-refractivity contribution in [2.45, 2.75) is 25.0 Å². The molecule has 5 nitrogen and oxygen atoms in total. The van der Waals surface area contributed by atoms with Crippen LogP contribution in [0.15, 0.2) is 24.3 Å². The summed E-state index contributed by atoms with van der Waals surface area (Å²) in [5, 5.41) is 13.3. The van der Waals surface area contributed by atoms with Crippen LogP contribution < -0.4 is 14.8 Å². The third kappa shape index (κ3) is 4.37. The number of hydrogen-bond donors (Lipinski definition) is 2. The van der Waals surface area contributed by atoms with Crippen LogP contribution in [-0.4, -0.2) is 50.2 Å². The molecule has 1 heterocycles. The molecule has 2 atom stereocenters. The molecule has 0 radical (unpaired) electrons. The molecule has 5 heteroatoms. The number of nitrogens with one attached hydrogen (secondary N) is 1. The van der Waals surface area contributed by atoms with Gasteiger partial charge in [-0.1, -0.05) is 6.07 Å². The fourth-order valence-electron chi connectivity index (χ4n) is 2.11. The van der Waals surface area contributed by atoms with E-state index in [1.807, 2.05) is 18.2 Å². The molecule has 2 N–H and O–H groups in total. The van der Waals surface area contributed by atoms with Crippen LogP contribution in [0.2, 0.25) is 0 Å². The molecule has 0 spiro atoms. The van der Waals surface area contributed by atoms with E-state index in [-0.39, 0.29) is 12.1 Å². The molecule has 0 amide bonds. The average Bonchev–Trinajstić information content (AvgIpc) is 2.90. The van der Waals surface area contributed by atoms with Gasteiger partial charge in [-0.05, 0) is 25.5 Å². The maximum absolute atomic E-state index is 9.95. The van der Waals surface area contributed by atoms with Gasteiger partial charge in [0.1, 0.15) is 24.2 Å². The quantitative estimate of drug-likeness (QED) is 0.786. The summed E-state index contributed by atoms with van der Waals surface area (Å²) in [5.74, 6) is 1.43. The molecular weight excluding hydrogens is 258 g/mol. The Bertz CT molecular complexity index is 418. The summed E-state index contributed by atoms with van der Waals surface area (Å²) >= 11 is 0. The molecule has 1 aromatic carbocycles. The maximum atomic E-state index is 9.95. The number of methoxy groups -OCH3 is 1. The number of benzene rings is 1. The molecule has 1 aromatic rings. The van der Waals surface area contributed by atoms with Gasteiger partial charge in [0, 0.05) is 24.8 Å². The number of ether oxygens (including phenoxy) is 3. The van der Waals surface area contributed by atoms with Crippen LogP contribution in [0.5, 0.6) is 11.5 Å². The number of aliphatic hydroxyl groups is 1. The van der Waals surface area contributed by atoms with Gasteiger partial charge in [0.05, 0.1) is 13.7 Å². The van der Waals surface area contributed by atoms with E-state index in [2.05, 4.69) is 12.2 Å². The molecule has 112 valence electrons. The first-order chi connectivity index (χ1) is 9.61. The van der Waals surface area contributed by atoms with Gasteiger partial charge in [-0.2, -0.15) is 0 Å². The fraction of sp³-hybridized carbons (Fsp3) is 0.600. The zero-order chi connectivity index (χ0) is 14.4. The van der Waals surface area contributed by atoms with E-state index in [9.17, 15) is 5.11 Å². The monoisotopic (exact) mass is 281 g/mol. The van der Waals surface area contributed by atoms with Gasteiger partial charge in [-0.15, -0.1) is 0 Å². The zero-order valence-corrected chi connectivity index (χ0v) is 12.1. The number of β-amino-alcohol motifs (C(OH)–C–C–N with tert-alkyl or cyclic N) is 1. The van der Waals surface area contributed by atoms with Gasteiger partial charge < -0.3 is 24.6 Å². The lowest BCUT2D eigenvalue weighted by Crippen LogP contribution is -2.47. The summed E-state index contributed by atoms with van der Waals surface area (Å²) in [7, 11) is 1.61. The third-order valence-corrected chi connectivity index (χ3v) is 3.47. The highest BCUT2D eigenvalue weighted by molar-refractivity contribution is 5.32. The largest absolute Gasteiger partial charge is 0.497 e. The van der Waals surface area contributed by atoms with Crippen molar-refractivity contribution < 1.29 is 19.3 Å². The zero-order valence-electron chi connectivity index (χ0n) is 12.1. The van der Waals surface area contributed by atoms with E-state index >= 15 is 0 Å². The van der Waals surface area contributed by atoms with Gasteiger partial charge >= 0.3 is 0 Å². The first-order valence-electron chi connectivity index (χ1n) is 6.89. The Morgan fingerprint density at radius 1 is 1.45 bits per heavy atom. The van der Waals surface area contributed by atoms with Crippen molar-refractivity contribution in [3.63, 3.8) is 0 Å². The van der Waals surface area contributed by atoms with Crippen LogP contribution in [0.1, 0.15) is 13.3 Å². The second-order valence-electron chi connectivity index (χ2n) is 5.39. The Kier molecular flexibility index (Phi) is 5.23. The SMILES string of the molecule is COc1cccc(OCC(O)CNC2(C)CCOC2)c1. The van der Waals surface area contributed by atoms with Crippen molar-refractivity contribution in [2.24, 2.45) is 0 Å². The second kappa shape index (κ2) is 6.92. The lowest BCUT2D eigenvalue weighted by Gasteiger charge is -2.25. The average molecular weight is 281 g/mol. The van der Waals surface area contributed by atoms with Crippen molar-refractivity contribution in [3.8, 4) is 11.5 Å². The summed E-state index contributed by atoms with van der Waals surface area (Å²) < 4.78 is 16.0. The summed E-state index contributed by atoms with van der Waals surface area (Å²) in [6.07, 6.45) is 0.412. The molecule has 1 fully saturated rings. The standard InChI is InChI=1S/C15H23NO4/c1-15(6-7-19-11-15)16-9-12(17)10-20-14-5-3-4-13(8-14)18-2/h3-5,8,12,16-17H,6-7,9-11H2,1-2H3. The Balaban J connectivity index is 1.72. The van der Waals surface area contributed by atoms with Crippen LogP contribution in [0, 0.1) is 0 Å². The lowest BCUT2D eigenvalue weighted by atomic mass is 10.0. The van der Waals surface area contributed by atoms with Crippen molar-refractivity contribution in [3.05, 3.63) is 24.3 Å². The normalized spacial score (nSPS) is 23.6. The molecule has 0 aliphatic carbocycles. The molecule has 2 unspecified atom stereocenters. The summed E-state index contributed by atoms with van der Waals surface area (Å²) in [6.45, 7) is 4.31. The summed E-state index contributed by atoms with van der Waals surface area (Å²) in [5.41, 5.74) is -0.0308. The highest BCUT2D eigenvalue weighted by Crippen LogP contribution is 2.19. The predicted molar refractivity (Wildman–Crippen MR) is 76.3 cm³/mol. The molecule has 2 rings (SSSR count). The molecule has 0 saturated carbocycles. The van der Waals surface area contributed by atoms with Gasteiger partial charge in [-0.3, -0.25) is 0 Å². The first kappa shape index (κ1) is 15.1. The van der Waals surface area contributed by atoms with Gasteiger partial charge in [0.15, 0.2) is 0 Å². The van der Waals surface area contributed by atoms with Crippen LogP contribution in [-0.2, 0) is 4.74 Å². The summed E-state index contributed by atoms with van der Waals surface area (Å²) in [4.78, 5) is 0. The minimum absolute atomic E-state index is 0.0308. The van der Waals surface area contributed by atoms with E-state index < -0.39 is 6.10 Å². The fourth-order valence-corrected chi connectivity index (χ4v) is 2.11. The highest BCUT2D eigenvalue weighted by Gasteiger charge is 2.29. The van der Waals surface area contributed by atoms with E-state index in [0.29, 0.717) is 18.9 Å². The second-order valence-corrected chi connectivity index (χ2v) is 5.39. The maximum Gasteiger partial charge on any atom is 0.123 e. The van der Waals surface area contributed by atoms with Crippen LogP contribution >= 0.6 is 0 Å². The van der Waals surface area contributed by atoms with Crippen molar-refractivity contribution in [1.82, 2.24) is 5.32 Å². The number of aliphatic hydroxyl groups excluding tert-OH is 1. The molecular formula is C15H23NO4. The van der Waals surface area contributed by atoms with Crippen LogP contribution in [0.4, 0.5) is 0 Å². The van der Waals surface area contributed by atoms with Crippen LogP contribution in [0.3, 0.4) is 0 Å². The smallest absolute Gasteiger partial charge is 0.123 e. The van der Waals surface area contributed by atoms with Crippen LogP contribution in [0.25, 0.3) is 0 Å². The lowest BCUT2D eigenvalue weighted by molar-refractivity contribution is 0.0943. The Morgan fingerprint density at radius 3 is 2.95 bits per heavy atom. The first-order valence-corrected chi connectivity index (χ1v) is 6.89. The van der Waals surface area contributed by atoms with Crippen molar-refractivity contribution in [2.75, 3.05) is 33.5 Å². The minimum atomic E-state index is -0.557. The van der Waals surface area contributed by atoms with E-state index in [1.165, 1.54) is 0 Å². The molecule has 20 heavy (non-hydrogen) atoms. The Hall–Kier alpha value is -1.30. The predicted octanol–water partition coefficient (Wildman–Crippen LogP) is 1.20. The van der Waals surface area contributed by atoms with Crippen molar-refractivity contribution >= 4 is 0 Å². The van der Waals surface area contributed by atoms with Crippen molar-refractivity contribution in [1.29, 1.82) is 0 Å². The molecule has 1 saturated heterocycles. The topological polar surface area (TPSA) is 60.0 Å². The van der Waals surface area contributed by atoms with Gasteiger partial charge in [-0.25, -0.2) is 0 Å². The number of hydrogen-bond acceptors (Lipinski definition) is 5.